The SMILES string of the molecule is CC.CC/C=C1\N(C)C=C(C(=O)Nc2cccc(-c3cccc(-c4cc5c(c(OC)n4)C(C)CC5)c3C)c2C)C(=C2CCC2)N1C.CCC(C)C(=O)NC.CCCCC(C)CC. The van der Waals surface area contributed by atoms with E-state index in [0.29, 0.717) is 11.5 Å². The molecule has 3 aliphatic rings. The maximum atomic E-state index is 14.0. The Hall–Kier alpha value is -4.85. The number of fused-ring (bicyclic) bond motifs is 1. The van der Waals surface area contributed by atoms with E-state index in [2.05, 4.69) is 112 Å². The number of allylic oxidation sites excluding steroid dienone is 2. The number of aromatic nitrogens is 1. The van der Waals surface area contributed by atoms with Gasteiger partial charge < -0.3 is 25.2 Å². The Kier molecular flexibility index (Phi) is 21.0. The number of likely N-dealkylation sites (N-methyl/N-ethyl adjacent to an activating group) is 1. The highest BCUT2D eigenvalue weighted by molar-refractivity contribution is 6.08. The second-order valence-corrected chi connectivity index (χ2v) is 17.0. The van der Waals surface area contributed by atoms with Crippen LogP contribution in [0.1, 0.15) is 155 Å². The molecule has 0 bridgehead atoms. The van der Waals surface area contributed by atoms with Crippen LogP contribution < -0.4 is 15.4 Å². The minimum atomic E-state index is -0.0805. The van der Waals surface area contributed by atoms with Gasteiger partial charge in [0.1, 0.15) is 5.82 Å². The number of anilines is 1. The third kappa shape index (κ3) is 12.6. The van der Waals surface area contributed by atoms with Gasteiger partial charge in [0.05, 0.1) is 24.1 Å². The molecule has 2 heterocycles. The summed E-state index contributed by atoms with van der Waals surface area (Å²) in [6.07, 6.45) is 17.0. The summed E-state index contributed by atoms with van der Waals surface area (Å²) in [5.74, 6) is 3.49. The molecule has 2 N–H and O–H groups in total. The normalized spacial score (nSPS) is 16.9. The molecule has 2 amide bonds. The molecule has 3 atom stereocenters. The average molecular weight is 848 g/mol. The standard InChI is InChI=1S/C38H44N4O2.C8H18.C6H13NO.C2H6/c1-8-12-34-41(5)22-31(36(42(34)6)26-13-9-14-26)37(43)39-32-18-11-16-29(25(32)4)28-15-10-17-30(24(28)3)33-21-27-20-19-23(2)35(27)38(40-33)44-7;1-4-6-7-8(3)5-2;1-4-5(2)6(8)7-3;1-2/h10-12,15-18,21-23H,8-9,13-14,19-20H2,1-7H3,(H,39,43);8H,4-7H2,1-3H3;5H,4H2,1-3H3,(H,7,8);1-2H3/b34-12+;;;. The molecule has 1 aliphatic heterocycles. The first kappa shape index (κ1) is 51.5. The highest BCUT2D eigenvalue weighted by Crippen LogP contribution is 2.42. The van der Waals surface area contributed by atoms with Crippen LogP contribution in [0.3, 0.4) is 0 Å². The number of nitrogens with zero attached hydrogens (tertiary/aromatic N) is 3. The maximum Gasteiger partial charge on any atom is 0.259 e. The first-order valence-electron chi connectivity index (χ1n) is 23.7. The Balaban J connectivity index is 0.000000480. The Bertz CT molecular complexity index is 2040. The molecule has 1 fully saturated rings. The summed E-state index contributed by atoms with van der Waals surface area (Å²) in [7, 11) is 7.47. The van der Waals surface area contributed by atoms with Crippen LogP contribution in [0.5, 0.6) is 5.88 Å². The first-order valence-corrected chi connectivity index (χ1v) is 23.7. The molecule has 3 unspecified atom stereocenters. The van der Waals surface area contributed by atoms with Gasteiger partial charge in [-0.05, 0) is 122 Å². The molecule has 62 heavy (non-hydrogen) atoms. The van der Waals surface area contributed by atoms with Crippen molar-refractivity contribution in [2.24, 2.45) is 11.8 Å². The number of carbonyl (C=O) groups is 2. The van der Waals surface area contributed by atoms with Gasteiger partial charge in [0.25, 0.3) is 5.91 Å². The fraction of sp³-hybridized carbons (Fsp3) is 0.537. The zero-order valence-corrected chi connectivity index (χ0v) is 41.3. The van der Waals surface area contributed by atoms with E-state index in [1.807, 2.05) is 53.1 Å². The minimum absolute atomic E-state index is 0.0805. The predicted octanol–water partition coefficient (Wildman–Crippen LogP) is 13.5. The third-order valence-corrected chi connectivity index (χ3v) is 12.7. The number of benzene rings is 2. The summed E-state index contributed by atoms with van der Waals surface area (Å²) in [6.45, 7) is 23.4. The van der Waals surface area contributed by atoms with Gasteiger partial charge in [0, 0.05) is 50.1 Å². The number of hydrogen-bond donors (Lipinski definition) is 2. The van der Waals surface area contributed by atoms with E-state index in [9.17, 15) is 9.59 Å². The summed E-state index contributed by atoms with van der Waals surface area (Å²) in [6, 6.07) is 14.8. The number of methoxy groups -OCH3 is 1. The highest BCUT2D eigenvalue weighted by atomic mass is 16.5. The molecule has 2 aliphatic carbocycles. The molecule has 2 aromatic carbocycles. The van der Waals surface area contributed by atoms with Gasteiger partial charge in [0.15, 0.2) is 0 Å². The van der Waals surface area contributed by atoms with Crippen molar-refractivity contribution in [3.63, 3.8) is 0 Å². The van der Waals surface area contributed by atoms with Crippen molar-refractivity contribution in [3.8, 4) is 28.3 Å². The van der Waals surface area contributed by atoms with Gasteiger partial charge >= 0.3 is 0 Å². The summed E-state index contributed by atoms with van der Waals surface area (Å²) in [5.41, 5.74) is 13.0. The summed E-state index contributed by atoms with van der Waals surface area (Å²) < 4.78 is 5.76. The highest BCUT2D eigenvalue weighted by Gasteiger charge is 2.32. The predicted molar refractivity (Wildman–Crippen MR) is 263 cm³/mol. The van der Waals surface area contributed by atoms with Crippen molar-refractivity contribution in [3.05, 3.63) is 99.7 Å². The number of amides is 2. The zero-order valence-electron chi connectivity index (χ0n) is 41.3. The van der Waals surface area contributed by atoms with Crippen molar-refractivity contribution >= 4 is 17.5 Å². The summed E-state index contributed by atoms with van der Waals surface area (Å²) in [4.78, 5) is 33.8. The fourth-order valence-electron chi connectivity index (χ4n) is 8.27. The van der Waals surface area contributed by atoms with Crippen molar-refractivity contribution in [1.82, 2.24) is 20.1 Å². The molecular weight excluding hydrogens is 767 g/mol. The van der Waals surface area contributed by atoms with Crippen LogP contribution in [0, 0.1) is 25.7 Å². The molecule has 8 heteroatoms. The Labute approximate surface area is 376 Å². The Morgan fingerprint density at radius 1 is 0.935 bits per heavy atom. The van der Waals surface area contributed by atoms with E-state index < -0.39 is 0 Å². The Morgan fingerprint density at radius 2 is 1.58 bits per heavy atom. The number of aryl methyl sites for hydroxylation is 1. The average Bonchev–Trinajstić information content (AvgIpc) is 3.65. The van der Waals surface area contributed by atoms with Crippen LogP contribution in [0.15, 0.2) is 77.4 Å². The lowest BCUT2D eigenvalue weighted by Gasteiger charge is -2.39. The second kappa shape index (κ2) is 25.3. The molecular formula is C54H81N5O3. The molecule has 8 nitrogen and oxygen atoms in total. The van der Waals surface area contributed by atoms with E-state index in [0.717, 1.165) is 101 Å². The molecule has 0 spiro atoms. The largest absolute Gasteiger partial charge is 0.481 e. The number of rotatable bonds is 12. The smallest absolute Gasteiger partial charge is 0.259 e. The maximum absolute atomic E-state index is 14.0. The van der Waals surface area contributed by atoms with Crippen LogP contribution in [0.25, 0.3) is 22.4 Å². The van der Waals surface area contributed by atoms with E-state index in [1.165, 1.54) is 48.8 Å². The molecule has 0 radical (unpaired) electrons. The molecule has 0 saturated heterocycles. The molecule has 3 aromatic rings. The van der Waals surface area contributed by atoms with Gasteiger partial charge in [-0.15, -0.1) is 0 Å². The Morgan fingerprint density at radius 3 is 2.13 bits per heavy atom. The van der Waals surface area contributed by atoms with Crippen molar-refractivity contribution in [1.29, 1.82) is 0 Å². The van der Waals surface area contributed by atoms with E-state index in [4.69, 9.17) is 9.72 Å². The van der Waals surface area contributed by atoms with E-state index in [1.54, 1.807) is 14.2 Å². The van der Waals surface area contributed by atoms with Gasteiger partial charge in [-0.25, -0.2) is 4.98 Å². The monoisotopic (exact) mass is 848 g/mol. The minimum Gasteiger partial charge on any atom is -0.481 e. The molecule has 1 aromatic heterocycles. The van der Waals surface area contributed by atoms with Crippen LogP contribution in [0.4, 0.5) is 5.69 Å². The van der Waals surface area contributed by atoms with Gasteiger partial charge in [-0.1, -0.05) is 118 Å². The zero-order chi connectivity index (χ0) is 46.1. The molecule has 1 saturated carbocycles. The number of pyridine rings is 1. The first-order chi connectivity index (χ1) is 29.8. The lowest BCUT2D eigenvalue weighted by atomic mass is 9.87. The van der Waals surface area contributed by atoms with Crippen LogP contribution in [0.2, 0.25) is 0 Å². The second-order valence-electron chi connectivity index (χ2n) is 17.0. The topological polar surface area (TPSA) is 86.8 Å². The summed E-state index contributed by atoms with van der Waals surface area (Å²) >= 11 is 0. The third-order valence-electron chi connectivity index (χ3n) is 12.7. The number of hydrogen-bond acceptors (Lipinski definition) is 6. The summed E-state index contributed by atoms with van der Waals surface area (Å²) in [5, 5.41) is 5.86. The number of nitrogens with one attached hydrogen (secondary N) is 2. The molecule has 6 rings (SSSR count). The lowest BCUT2D eigenvalue weighted by Crippen LogP contribution is -2.37. The quantitative estimate of drug-likeness (QED) is 0.189. The van der Waals surface area contributed by atoms with Gasteiger partial charge in [-0.3, -0.25) is 9.59 Å². The van der Waals surface area contributed by atoms with Gasteiger partial charge in [-0.2, -0.15) is 0 Å². The number of unbranched alkanes of at least 4 members (excludes halogenated alkanes) is 1. The number of carbonyl (C=O) groups excluding carboxylic acids is 2. The van der Waals surface area contributed by atoms with Crippen LogP contribution in [-0.4, -0.2) is 54.9 Å². The fourth-order valence-corrected chi connectivity index (χ4v) is 8.27. The van der Waals surface area contributed by atoms with Crippen molar-refractivity contribution in [2.45, 2.75) is 153 Å². The number of ether oxygens (including phenoxy) is 1. The van der Waals surface area contributed by atoms with E-state index >= 15 is 0 Å². The lowest BCUT2D eigenvalue weighted by molar-refractivity contribution is -0.124. The van der Waals surface area contributed by atoms with Gasteiger partial charge in [0.2, 0.25) is 11.8 Å². The van der Waals surface area contributed by atoms with Crippen LogP contribution >= 0.6 is 0 Å². The van der Waals surface area contributed by atoms with Crippen molar-refractivity contribution < 1.29 is 14.3 Å². The van der Waals surface area contributed by atoms with Crippen molar-refractivity contribution in [2.75, 3.05) is 33.6 Å². The molecule has 340 valence electrons. The van der Waals surface area contributed by atoms with E-state index in [-0.39, 0.29) is 17.7 Å². The van der Waals surface area contributed by atoms with Crippen LogP contribution in [-0.2, 0) is 16.0 Å².